The van der Waals surface area contributed by atoms with Crippen molar-refractivity contribution in [1.82, 2.24) is 29.3 Å². The van der Waals surface area contributed by atoms with Crippen LogP contribution < -0.4 is 5.32 Å². The number of fused-ring (bicyclic) bond motifs is 1. The maximum absolute atomic E-state index is 6.09. The lowest BCUT2D eigenvalue weighted by atomic mass is 10.2. The number of rotatable bonds is 3. The zero-order valence-corrected chi connectivity index (χ0v) is 13.4. The SMILES string of the molecule is Cn1cnc(Nc2nc(Cl)nc3c2cnn3C2CCCCO2)c1. The fourth-order valence-corrected chi connectivity index (χ4v) is 2.89. The van der Waals surface area contributed by atoms with E-state index in [9.17, 15) is 0 Å². The topological polar surface area (TPSA) is 82.7 Å². The second kappa shape index (κ2) is 5.78. The molecule has 0 amide bonds. The lowest BCUT2D eigenvalue weighted by molar-refractivity contribution is -0.0370. The molecule has 3 aromatic heterocycles. The van der Waals surface area contributed by atoms with Crippen LogP contribution in [0.3, 0.4) is 0 Å². The van der Waals surface area contributed by atoms with E-state index >= 15 is 0 Å². The Balaban J connectivity index is 1.75. The first kappa shape index (κ1) is 14.4. The van der Waals surface area contributed by atoms with Crippen LogP contribution in [-0.2, 0) is 11.8 Å². The van der Waals surface area contributed by atoms with Crippen LogP contribution in [0, 0.1) is 0 Å². The van der Waals surface area contributed by atoms with Crippen molar-refractivity contribution in [3.63, 3.8) is 0 Å². The zero-order valence-electron chi connectivity index (χ0n) is 12.6. The Morgan fingerprint density at radius 1 is 1.35 bits per heavy atom. The number of nitrogens with zero attached hydrogens (tertiary/aromatic N) is 6. The molecule has 1 aliphatic rings. The first-order valence-electron chi connectivity index (χ1n) is 7.48. The molecule has 8 nitrogen and oxygen atoms in total. The number of hydrogen-bond donors (Lipinski definition) is 1. The van der Waals surface area contributed by atoms with Gasteiger partial charge in [0.15, 0.2) is 11.9 Å². The summed E-state index contributed by atoms with van der Waals surface area (Å²) in [5.74, 6) is 1.27. The molecule has 0 bridgehead atoms. The summed E-state index contributed by atoms with van der Waals surface area (Å²) < 4.78 is 9.42. The minimum atomic E-state index is -0.102. The number of halogens is 1. The van der Waals surface area contributed by atoms with Gasteiger partial charge in [-0.1, -0.05) is 0 Å². The van der Waals surface area contributed by atoms with Crippen LogP contribution in [0.5, 0.6) is 0 Å². The average Bonchev–Trinajstić information content (AvgIpc) is 3.14. The third-order valence-corrected chi connectivity index (χ3v) is 3.98. The molecule has 0 aliphatic carbocycles. The van der Waals surface area contributed by atoms with Crippen molar-refractivity contribution in [2.75, 3.05) is 11.9 Å². The Bertz CT molecular complexity index is 837. The van der Waals surface area contributed by atoms with Gasteiger partial charge in [0, 0.05) is 19.9 Å². The molecule has 23 heavy (non-hydrogen) atoms. The lowest BCUT2D eigenvalue weighted by Crippen LogP contribution is -2.19. The molecule has 4 heterocycles. The van der Waals surface area contributed by atoms with Crippen LogP contribution in [0.25, 0.3) is 11.0 Å². The molecule has 1 N–H and O–H groups in total. The maximum Gasteiger partial charge on any atom is 0.226 e. The number of aryl methyl sites for hydroxylation is 1. The number of anilines is 2. The van der Waals surface area contributed by atoms with E-state index in [0.717, 1.165) is 31.3 Å². The highest BCUT2D eigenvalue weighted by Gasteiger charge is 2.21. The minimum Gasteiger partial charge on any atom is -0.356 e. The first-order chi connectivity index (χ1) is 11.2. The van der Waals surface area contributed by atoms with Crippen molar-refractivity contribution in [1.29, 1.82) is 0 Å². The summed E-state index contributed by atoms with van der Waals surface area (Å²) in [6.45, 7) is 0.740. The van der Waals surface area contributed by atoms with E-state index in [0.29, 0.717) is 17.3 Å². The summed E-state index contributed by atoms with van der Waals surface area (Å²) >= 11 is 6.09. The van der Waals surface area contributed by atoms with Gasteiger partial charge in [0.25, 0.3) is 0 Å². The normalized spacial score (nSPS) is 18.4. The van der Waals surface area contributed by atoms with Gasteiger partial charge in [-0.25, -0.2) is 9.67 Å². The van der Waals surface area contributed by atoms with Crippen LogP contribution in [0.4, 0.5) is 11.6 Å². The molecular formula is C14H16ClN7O. The van der Waals surface area contributed by atoms with E-state index in [4.69, 9.17) is 16.3 Å². The molecule has 0 radical (unpaired) electrons. The molecule has 0 saturated carbocycles. The zero-order chi connectivity index (χ0) is 15.8. The Labute approximate surface area is 137 Å². The van der Waals surface area contributed by atoms with E-state index in [1.54, 1.807) is 17.2 Å². The fourth-order valence-electron chi connectivity index (χ4n) is 2.72. The van der Waals surface area contributed by atoms with Gasteiger partial charge in [-0.05, 0) is 30.9 Å². The van der Waals surface area contributed by atoms with Crippen molar-refractivity contribution >= 4 is 34.3 Å². The van der Waals surface area contributed by atoms with Crippen LogP contribution in [0.1, 0.15) is 25.5 Å². The van der Waals surface area contributed by atoms with E-state index in [-0.39, 0.29) is 11.5 Å². The van der Waals surface area contributed by atoms with Crippen LogP contribution in [0.15, 0.2) is 18.7 Å². The Hall–Kier alpha value is -2.19. The number of ether oxygens (including phenoxy) is 1. The monoisotopic (exact) mass is 333 g/mol. The number of nitrogens with one attached hydrogen (secondary N) is 1. The largest absolute Gasteiger partial charge is 0.356 e. The molecule has 0 aromatic carbocycles. The van der Waals surface area contributed by atoms with Gasteiger partial charge >= 0.3 is 0 Å². The molecule has 1 unspecified atom stereocenters. The predicted octanol–water partition coefficient (Wildman–Crippen LogP) is 2.66. The Morgan fingerprint density at radius 3 is 3.00 bits per heavy atom. The fraction of sp³-hybridized carbons (Fsp3) is 0.429. The molecule has 0 spiro atoms. The first-order valence-corrected chi connectivity index (χ1v) is 7.86. The summed E-state index contributed by atoms with van der Waals surface area (Å²) in [4.78, 5) is 12.8. The summed E-state index contributed by atoms with van der Waals surface area (Å²) in [5.41, 5.74) is 0.662. The summed E-state index contributed by atoms with van der Waals surface area (Å²) in [6, 6.07) is 0. The number of aromatic nitrogens is 6. The molecule has 9 heteroatoms. The quantitative estimate of drug-likeness (QED) is 0.742. The molecular weight excluding hydrogens is 318 g/mol. The van der Waals surface area contributed by atoms with Gasteiger partial charge in [-0.2, -0.15) is 15.1 Å². The maximum atomic E-state index is 6.09. The highest BCUT2D eigenvalue weighted by molar-refractivity contribution is 6.28. The highest BCUT2D eigenvalue weighted by atomic mass is 35.5. The van der Waals surface area contributed by atoms with Gasteiger partial charge < -0.3 is 14.6 Å². The van der Waals surface area contributed by atoms with Gasteiger partial charge in [-0.3, -0.25) is 0 Å². The highest BCUT2D eigenvalue weighted by Crippen LogP contribution is 2.29. The molecule has 120 valence electrons. The second-order valence-corrected chi connectivity index (χ2v) is 5.88. The average molecular weight is 334 g/mol. The van der Waals surface area contributed by atoms with E-state index in [2.05, 4.69) is 25.4 Å². The Morgan fingerprint density at radius 2 is 2.26 bits per heavy atom. The lowest BCUT2D eigenvalue weighted by Gasteiger charge is -2.23. The smallest absolute Gasteiger partial charge is 0.226 e. The summed E-state index contributed by atoms with van der Waals surface area (Å²) in [7, 11) is 1.90. The molecule has 1 fully saturated rings. The standard InChI is InChI=1S/C14H16ClN7O/c1-21-7-10(16-8-21)18-12-9-6-17-22(11-4-2-3-5-23-11)13(9)20-14(15)19-12/h6-8,11H,2-5H2,1H3,(H,18,19,20). The Kier molecular flexibility index (Phi) is 3.62. The van der Waals surface area contributed by atoms with Crippen LogP contribution in [0.2, 0.25) is 5.28 Å². The van der Waals surface area contributed by atoms with E-state index < -0.39 is 0 Å². The van der Waals surface area contributed by atoms with Gasteiger partial charge in [-0.15, -0.1) is 0 Å². The minimum absolute atomic E-state index is 0.102. The van der Waals surface area contributed by atoms with Gasteiger partial charge in [0.2, 0.25) is 5.28 Å². The third kappa shape index (κ3) is 2.75. The predicted molar refractivity (Wildman–Crippen MR) is 85.7 cm³/mol. The molecule has 3 aromatic rings. The molecule has 4 rings (SSSR count). The second-order valence-electron chi connectivity index (χ2n) is 5.54. The van der Waals surface area contributed by atoms with Crippen molar-refractivity contribution in [2.45, 2.75) is 25.5 Å². The van der Waals surface area contributed by atoms with Crippen molar-refractivity contribution in [3.05, 3.63) is 24.0 Å². The van der Waals surface area contributed by atoms with E-state index in [1.165, 1.54) is 0 Å². The van der Waals surface area contributed by atoms with Gasteiger partial charge in [0.1, 0.15) is 11.6 Å². The van der Waals surface area contributed by atoms with Crippen molar-refractivity contribution < 1.29 is 4.74 Å². The van der Waals surface area contributed by atoms with Crippen molar-refractivity contribution in [3.8, 4) is 0 Å². The van der Waals surface area contributed by atoms with Gasteiger partial charge in [0.05, 0.1) is 17.9 Å². The third-order valence-electron chi connectivity index (χ3n) is 3.81. The van der Waals surface area contributed by atoms with Crippen molar-refractivity contribution in [2.24, 2.45) is 7.05 Å². The van der Waals surface area contributed by atoms with Crippen LogP contribution >= 0.6 is 11.6 Å². The number of hydrogen-bond acceptors (Lipinski definition) is 6. The van der Waals surface area contributed by atoms with Crippen LogP contribution in [-0.4, -0.2) is 35.9 Å². The molecule has 1 aliphatic heterocycles. The number of imidazole rings is 1. The summed E-state index contributed by atoms with van der Waals surface area (Å²) in [5, 5.41) is 8.54. The molecule has 1 atom stereocenters. The van der Waals surface area contributed by atoms with E-state index in [1.807, 2.05) is 17.8 Å². The summed E-state index contributed by atoms with van der Waals surface area (Å²) in [6.07, 6.45) is 8.31. The molecule has 1 saturated heterocycles.